The second kappa shape index (κ2) is 8.66. The maximum atomic E-state index is 10.1. The van der Waals surface area contributed by atoms with Crippen LogP contribution in [0.25, 0.3) is 0 Å². The molecule has 0 radical (unpaired) electrons. The summed E-state index contributed by atoms with van der Waals surface area (Å²) in [7, 11) is 0. The molecule has 0 aliphatic rings. The molecule has 114 valence electrons. The van der Waals surface area contributed by atoms with E-state index in [9.17, 15) is 5.11 Å². The molecule has 0 heterocycles. The fourth-order valence-electron chi connectivity index (χ4n) is 1.93. The molecule has 0 unspecified atom stereocenters. The Morgan fingerprint density at radius 1 is 1.00 bits per heavy atom. The lowest BCUT2D eigenvalue weighted by Gasteiger charge is -2.19. The topological polar surface area (TPSA) is 73.9 Å². The third-order valence-corrected chi connectivity index (χ3v) is 2.76. The van der Waals surface area contributed by atoms with Gasteiger partial charge in [0.25, 0.3) is 0 Å². The van der Waals surface area contributed by atoms with Gasteiger partial charge < -0.3 is 25.1 Å². The van der Waals surface area contributed by atoms with Crippen molar-refractivity contribution in [2.45, 2.75) is 33.3 Å². The summed E-state index contributed by atoms with van der Waals surface area (Å²) in [6, 6.07) is 3.58. The SMILES string of the molecule is CCOc1cc([C@@H](O)CCN)cc(OCC)c1OCC. The van der Waals surface area contributed by atoms with Gasteiger partial charge in [-0.05, 0) is 51.4 Å². The molecule has 0 aromatic heterocycles. The Morgan fingerprint density at radius 2 is 1.50 bits per heavy atom. The van der Waals surface area contributed by atoms with Gasteiger partial charge in [0.1, 0.15) is 0 Å². The Bertz CT molecular complexity index is 382. The lowest BCUT2D eigenvalue weighted by molar-refractivity contribution is 0.168. The van der Waals surface area contributed by atoms with E-state index in [1.165, 1.54) is 0 Å². The van der Waals surface area contributed by atoms with Crippen molar-refractivity contribution in [2.24, 2.45) is 5.73 Å². The van der Waals surface area contributed by atoms with E-state index in [1.54, 1.807) is 12.1 Å². The fourth-order valence-corrected chi connectivity index (χ4v) is 1.93. The monoisotopic (exact) mass is 283 g/mol. The maximum absolute atomic E-state index is 10.1. The predicted molar refractivity (Wildman–Crippen MR) is 78.6 cm³/mol. The average molecular weight is 283 g/mol. The van der Waals surface area contributed by atoms with Crippen molar-refractivity contribution in [2.75, 3.05) is 26.4 Å². The molecule has 1 rings (SSSR count). The zero-order chi connectivity index (χ0) is 15.0. The number of aliphatic hydroxyl groups is 1. The van der Waals surface area contributed by atoms with Crippen molar-refractivity contribution in [3.63, 3.8) is 0 Å². The van der Waals surface area contributed by atoms with Gasteiger partial charge in [0.2, 0.25) is 5.75 Å². The second-order valence-electron chi connectivity index (χ2n) is 4.24. The van der Waals surface area contributed by atoms with Crippen LogP contribution in [0.1, 0.15) is 38.9 Å². The quantitative estimate of drug-likeness (QED) is 0.727. The Balaban J connectivity index is 3.21. The van der Waals surface area contributed by atoms with Gasteiger partial charge in [0.15, 0.2) is 11.5 Å². The fraction of sp³-hybridized carbons (Fsp3) is 0.600. The first kappa shape index (κ1) is 16.6. The molecule has 0 spiro atoms. The average Bonchev–Trinajstić information content (AvgIpc) is 2.43. The largest absolute Gasteiger partial charge is 0.490 e. The zero-order valence-electron chi connectivity index (χ0n) is 12.5. The number of ether oxygens (including phenoxy) is 3. The maximum Gasteiger partial charge on any atom is 0.203 e. The van der Waals surface area contributed by atoms with Crippen molar-refractivity contribution in [3.8, 4) is 17.2 Å². The lowest BCUT2D eigenvalue weighted by Crippen LogP contribution is -2.09. The van der Waals surface area contributed by atoms with Crippen LogP contribution < -0.4 is 19.9 Å². The smallest absolute Gasteiger partial charge is 0.203 e. The van der Waals surface area contributed by atoms with Gasteiger partial charge in [0, 0.05) is 0 Å². The molecular weight excluding hydrogens is 258 g/mol. The van der Waals surface area contributed by atoms with E-state index in [1.807, 2.05) is 20.8 Å². The van der Waals surface area contributed by atoms with E-state index in [0.717, 1.165) is 5.56 Å². The number of hydrogen-bond donors (Lipinski definition) is 2. The van der Waals surface area contributed by atoms with Crippen molar-refractivity contribution < 1.29 is 19.3 Å². The van der Waals surface area contributed by atoms with Crippen LogP contribution >= 0.6 is 0 Å². The summed E-state index contributed by atoms with van der Waals surface area (Å²) < 4.78 is 16.8. The summed E-state index contributed by atoms with van der Waals surface area (Å²) in [6.07, 6.45) is -0.139. The lowest BCUT2D eigenvalue weighted by atomic mass is 10.1. The molecule has 5 nitrogen and oxygen atoms in total. The number of hydrogen-bond acceptors (Lipinski definition) is 5. The van der Waals surface area contributed by atoms with Crippen LogP contribution in [0.4, 0.5) is 0 Å². The molecule has 1 aromatic rings. The summed E-state index contributed by atoms with van der Waals surface area (Å²) >= 11 is 0. The molecule has 0 bridgehead atoms. The summed E-state index contributed by atoms with van der Waals surface area (Å²) in [5.41, 5.74) is 6.22. The first-order valence-electron chi connectivity index (χ1n) is 7.12. The van der Waals surface area contributed by atoms with Crippen LogP contribution in [0.15, 0.2) is 12.1 Å². The third-order valence-electron chi connectivity index (χ3n) is 2.76. The van der Waals surface area contributed by atoms with Crippen LogP contribution in [0.5, 0.6) is 17.2 Å². The molecule has 5 heteroatoms. The molecule has 1 atom stereocenters. The summed E-state index contributed by atoms with van der Waals surface area (Å²) in [5, 5.41) is 10.1. The molecule has 0 saturated carbocycles. The number of aliphatic hydroxyl groups excluding tert-OH is 1. The predicted octanol–water partition coefficient (Wildman–Crippen LogP) is 2.26. The molecule has 0 amide bonds. The zero-order valence-corrected chi connectivity index (χ0v) is 12.5. The molecule has 3 N–H and O–H groups in total. The Hall–Kier alpha value is -1.46. The highest BCUT2D eigenvalue weighted by Crippen LogP contribution is 2.40. The highest BCUT2D eigenvalue weighted by Gasteiger charge is 2.18. The summed E-state index contributed by atoms with van der Waals surface area (Å²) in [4.78, 5) is 0. The Kier molecular flexibility index (Phi) is 7.18. The second-order valence-corrected chi connectivity index (χ2v) is 4.24. The molecule has 0 saturated heterocycles. The van der Waals surface area contributed by atoms with E-state index in [2.05, 4.69) is 0 Å². The minimum Gasteiger partial charge on any atom is -0.490 e. The van der Waals surface area contributed by atoms with Gasteiger partial charge in [-0.1, -0.05) is 0 Å². The van der Waals surface area contributed by atoms with Crippen LogP contribution in [-0.4, -0.2) is 31.5 Å². The Morgan fingerprint density at radius 3 is 1.90 bits per heavy atom. The van der Waals surface area contributed by atoms with E-state index in [0.29, 0.717) is 50.0 Å². The van der Waals surface area contributed by atoms with E-state index >= 15 is 0 Å². The van der Waals surface area contributed by atoms with Crippen LogP contribution in [0.2, 0.25) is 0 Å². The molecule has 0 fully saturated rings. The van der Waals surface area contributed by atoms with Gasteiger partial charge in [-0.3, -0.25) is 0 Å². The highest BCUT2D eigenvalue weighted by molar-refractivity contribution is 5.54. The minimum atomic E-state index is -0.630. The molecular formula is C15H25NO4. The van der Waals surface area contributed by atoms with Crippen molar-refractivity contribution in [1.29, 1.82) is 0 Å². The van der Waals surface area contributed by atoms with Gasteiger partial charge >= 0.3 is 0 Å². The molecule has 0 aliphatic heterocycles. The first-order valence-corrected chi connectivity index (χ1v) is 7.12. The van der Waals surface area contributed by atoms with Crippen molar-refractivity contribution >= 4 is 0 Å². The summed E-state index contributed by atoms with van der Waals surface area (Å²) in [6.45, 7) is 7.68. The van der Waals surface area contributed by atoms with Crippen molar-refractivity contribution in [1.82, 2.24) is 0 Å². The van der Waals surface area contributed by atoms with Gasteiger partial charge in [-0.15, -0.1) is 0 Å². The van der Waals surface area contributed by atoms with Crippen LogP contribution in [0, 0.1) is 0 Å². The third kappa shape index (κ3) is 4.28. The highest BCUT2D eigenvalue weighted by atomic mass is 16.5. The molecule has 0 aliphatic carbocycles. The van der Waals surface area contributed by atoms with Gasteiger partial charge in [0.05, 0.1) is 25.9 Å². The van der Waals surface area contributed by atoms with E-state index in [-0.39, 0.29) is 0 Å². The number of rotatable bonds is 9. The van der Waals surface area contributed by atoms with Gasteiger partial charge in [-0.25, -0.2) is 0 Å². The van der Waals surface area contributed by atoms with Crippen molar-refractivity contribution in [3.05, 3.63) is 17.7 Å². The summed E-state index contributed by atoms with van der Waals surface area (Å²) in [5.74, 6) is 1.76. The van der Waals surface area contributed by atoms with Crippen LogP contribution in [0.3, 0.4) is 0 Å². The van der Waals surface area contributed by atoms with E-state index in [4.69, 9.17) is 19.9 Å². The molecule has 1 aromatic carbocycles. The first-order chi connectivity index (χ1) is 9.67. The minimum absolute atomic E-state index is 0.419. The Labute approximate surface area is 120 Å². The molecule has 20 heavy (non-hydrogen) atoms. The number of nitrogens with two attached hydrogens (primary N) is 1. The standard InChI is InChI=1S/C15H25NO4/c1-4-18-13-9-11(12(17)7-8-16)10-14(19-5-2)15(13)20-6-3/h9-10,12,17H,4-8,16H2,1-3H3/t12-/m0/s1. The normalized spacial score (nSPS) is 12.1. The van der Waals surface area contributed by atoms with E-state index < -0.39 is 6.10 Å². The van der Waals surface area contributed by atoms with Gasteiger partial charge in [-0.2, -0.15) is 0 Å². The number of benzene rings is 1. The van der Waals surface area contributed by atoms with Crippen LogP contribution in [-0.2, 0) is 0 Å².